The number of aromatic nitrogens is 2. The fraction of sp³-hybridized carbons (Fsp3) is 0.389. The number of carbonyl (C=O) groups is 1. The first-order chi connectivity index (χ1) is 13.4. The van der Waals surface area contributed by atoms with Crippen LogP contribution < -0.4 is 11.2 Å². The smallest absolute Gasteiger partial charge is 0.338 e. The topological polar surface area (TPSA) is 139 Å². The van der Waals surface area contributed by atoms with Gasteiger partial charge < -0.3 is 9.47 Å². The van der Waals surface area contributed by atoms with Crippen LogP contribution in [-0.4, -0.2) is 27.3 Å². The fourth-order valence-corrected chi connectivity index (χ4v) is 3.32. The molecule has 1 N–H and O–H groups in total. The van der Waals surface area contributed by atoms with Gasteiger partial charge in [0.2, 0.25) is 0 Å². The molecule has 28 heavy (non-hydrogen) atoms. The van der Waals surface area contributed by atoms with Crippen molar-refractivity contribution < 1.29 is 14.3 Å². The van der Waals surface area contributed by atoms with E-state index in [2.05, 4.69) is 15.0 Å². The summed E-state index contributed by atoms with van der Waals surface area (Å²) < 4.78 is 12.7. The van der Waals surface area contributed by atoms with Crippen LogP contribution in [0, 0.1) is 5.92 Å². The van der Waals surface area contributed by atoms with E-state index in [1.807, 2.05) is 0 Å². The zero-order valence-electron chi connectivity index (χ0n) is 15.3. The van der Waals surface area contributed by atoms with E-state index in [1.165, 1.54) is 6.20 Å². The molecule has 0 amide bonds. The molecule has 10 heteroatoms. The van der Waals surface area contributed by atoms with Crippen LogP contribution in [0.3, 0.4) is 0 Å². The van der Waals surface area contributed by atoms with Crippen molar-refractivity contribution in [3.63, 3.8) is 0 Å². The van der Waals surface area contributed by atoms with Gasteiger partial charge in [0.25, 0.3) is 5.56 Å². The minimum atomic E-state index is -1.31. The highest BCUT2D eigenvalue weighted by Crippen LogP contribution is 2.45. The van der Waals surface area contributed by atoms with Crippen LogP contribution in [0.5, 0.6) is 0 Å². The lowest BCUT2D eigenvalue weighted by Crippen LogP contribution is -2.38. The number of carbonyl (C=O) groups excluding carboxylic acids is 1. The summed E-state index contributed by atoms with van der Waals surface area (Å²) in [6.45, 7) is 3.48. The maximum absolute atomic E-state index is 12.6. The highest BCUT2D eigenvalue weighted by molar-refractivity contribution is 5.89. The van der Waals surface area contributed by atoms with Gasteiger partial charge in [0.1, 0.15) is 0 Å². The molecule has 1 aliphatic rings. The highest BCUT2D eigenvalue weighted by Gasteiger charge is 2.54. The van der Waals surface area contributed by atoms with E-state index in [9.17, 15) is 14.4 Å². The van der Waals surface area contributed by atoms with Crippen LogP contribution in [0.25, 0.3) is 10.4 Å². The van der Waals surface area contributed by atoms with Crippen molar-refractivity contribution in [2.24, 2.45) is 11.0 Å². The number of esters is 1. The van der Waals surface area contributed by atoms with Crippen LogP contribution in [0.1, 0.15) is 36.9 Å². The molecule has 146 valence electrons. The number of hydrogen-bond acceptors (Lipinski definition) is 6. The quantitative estimate of drug-likeness (QED) is 0.364. The summed E-state index contributed by atoms with van der Waals surface area (Å²) in [5, 5.41) is 3.79. The number of rotatable bonds is 5. The molecule has 1 fully saturated rings. The first-order valence-electron chi connectivity index (χ1n) is 8.73. The third-order valence-corrected chi connectivity index (χ3v) is 4.91. The van der Waals surface area contributed by atoms with Gasteiger partial charge in [-0.25, -0.2) is 9.59 Å². The number of aromatic amines is 1. The van der Waals surface area contributed by atoms with E-state index in [4.69, 9.17) is 15.0 Å². The molecule has 1 saturated heterocycles. The Kier molecular flexibility index (Phi) is 5.34. The zero-order chi connectivity index (χ0) is 20.3. The van der Waals surface area contributed by atoms with Gasteiger partial charge in [-0.2, -0.15) is 0 Å². The summed E-state index contributed by atoms with van der Waals surface area (Å²) in [5.74, 6) is -1.15. The monoisotopic (exact) mass is 385 g/mol. The van der Waals surface area contributed by atoms with Gasteiger partial charge in [0.05, 0.1) is 5.56 Å². The van der Waals surface area contributed by atoms with Gasteiger partial charge in [-0.3, -0.25) is 14.3 Å². The lowest BCUT2D eigenvalue weighted by atomic mass is 9.92. The molecule has 1 aromatic carbocycles. The maximum Gasteiger partial charge on any atom is 0.338 e. The van der Waals surface area contributed by atoms with E-state index in [-0.39, 0.29) is 0 Å². The van der Waals surface area contributed by atoms with Crippen molar-refractivity contribution in [2.75, 3.05) is 0 Å². The van der Waals surface area contributed by atoms with Crippen molar-refractivity contribution in [3.8, 4) is 0 Å². The lowest BCUT2D eigenvalue weighted by molar-refractivity contribution is -0.0947. The first kappa shape index (κ1) is 19.4. The van der Waals surface area contributed by atoms with Crippen molar-refractivity contribution >= 4 is 5.97 Å². The predicted molar refractivity (Wildman–Crippen MR) is 98.4 cm³/mol. The van der Waals surface area contributed by atoms with Crippen molar-refractivity contribution in [3.05, 3.63) is 79.4 Å². The maximum atomic E-state index is 12.6. The summed E-state index contributed by atoms with van der Waals surface area (Å²) in [7, 11) is 0. The molecular formula is C18H19N5O5. The van der Waals surface area contributed by atoms with E-state index < -0.39 is 41.2 Å². The van der Waals surface area contributed by atoms with Crippen LogP contribution in [0.15, 0.2) is 57.3 Å². The average molecular weight is 385 g/mol. The largest absolute Gasteiger partial charge is 0.454 e. The van der Waals surface area contributed by atoms with Crippen molar-refractivity contribution in [1.82, 2.24) is 9.55 Å². The second kappa shape index (κ2) is 7.71. The third kappa shape index (κ3) is 3.42. The summed E-state index contributed by atoms with van der Waals surface area (Å²) in [5.41, 5.74) is 6.72. The molecule has 3 rings (SSSR count). The van der Waals surface area contributed by atoms with Gasteiger partial charge in [0, 0.05) is 23.1 Å². The summed E-state index contributed by atoms with van der Waals surface area (Å²) in [6.07, 6.45) is -0.449. The second-order valence-electron chi connectivity index (χ2n) is 6.44. The lowest BCUT2D eigenvalue weighted by Gasteiger charge is -2.26. The minimum Gasteiger partial charge on any atom is -0.454 e. The van der Waals surface area contributed by atoms with Crippen LogP contribution in [0.4, 0.5) is 0 Å². The molecule has 4 atom stereocenters. The van der Waals surface area contributed by atoms with Crippen LogP contribution >= 0.6 is 0 Å². The number of azide groups is 1. The zero-order valence-corrected chi connectivity index (χ0v) is 15.3. The van der Waals surface area contributed by atoms with E-state index in [1.54, 1.807) is 44.2 Å². The van der Waals surface area contributed by atoms with Crippen molar-refractivity contribution in [1.29, 1.82) is 0 Å². The first-order valence-corrected chi connectivity index (χ1v) is 8.73. The number of H-pyrrole nitrogens is 1. The molecule has 1 aromatic heterocycles. The number of ether oxygens (including phenoxy) is 2. The molecule has 0 saturated carbocycles. The number of benzene rings is 1. The molecule has 0 unspecified atom stereocenters. The van der Waals surface area contributed by atoms with Gasteiger partial charge in [-0.05, 0) is 24.1 Å². The van der Waals surface area contributed by atoms with E-state index >= 15 is 0 Å². The SMILES string of the molecule is CC[C@@]1(N=[N+]=[N-])O[C@@H](n2ccc(=O)[nH]c2=O)[C@@H](OC(=O)c2ccccc2)[C@@H]1C. The van der Waals surface area contributed by atoms with Crippen LogP contribution in [-0.2, 0) is 9.47 Å². The Morgan fingerprint density at radius 2 is 2.07 bits per heavy atom. The molecule has 1 aliphatic heterocycles. The Balaban J connectivity index is 2.03. The Morgan fingerprint density at radius 1 is 1.36 bits per heavy atom. The minimum absolute atomic E-state index is 0.298. The Hall–Kier alpha value is -3.36. The van der Waals surface area contributed by atoms with Gasteiger partial charge in [-0.1, -0.05) is 37.2 Å². The summed E-state index contributed by atoms with van der Waals surface area (Å²) in [6, 6.07) is 9.53. The summed E-state index contributed by atoms with van der Waals surface area (Å²) >= 11 is 0. The molecular weight excluding hydrogens is 366 g/mol. The highest BCUT2D eigenvalue weighted by atomic mass is 16.6. The third-order valence-electron chi connectivity index (χ3n) is 4.91. The molecule has 0 aliphatic carbocycles. The van der Waals surface area contributed by atoms with Crippen LogP contribution in [0.2, 0.25) is 0 Å². The molecule has 10 nitrogen and oxygen atoms in total. The Bertz CT molecular complexity index is 1030. The molecule has 0 spiro atoms. The number of nitrogens with one attached hydrogen (secondary N) is 1. The number of hydrogen-bond donors (Lipinski definition) is 1. The molecule has 0 bridgehead atoms. The Labute approximate surface area is 159 Å². The second-order valence-corrected chi connectivity index (χ2v) is 6.44. The number of nitrogens with zero attached hydrogens (tertiary/aromatic N) is 4. The van der Waals surface area contributed by atoms with E-state index in [0.717, 1.165) is 10.6 Å². The molecule has 2 heterocycles. The van der Waals surface area contributed by atoms with Crippen molar-refractivity contribution in [2.45, 2.75) is 38.3 Å². The molecule has 0 radical (unpaired) electrons. The van der Waals surface area contributed by atoms with Gasteiger partial charge in [-0.15, -0.1) is 0 Å². The van der Waals surface area contributed by atoms with Gasteiger partial charge >= 0.3 is 11.7 Å². The normalized spacial score (nSPS) is 26.4. The van der Waals surface area contributed by atoms with Gasteiger partial charge in [0.15, 0.2) is 18.1 Å². The Morgan fingerprint density at radius 3 is 2.68 bits per heavy atom. The summed E-state index contributed by atoms with van der Waals surface area (Å²) in [4.78, 5) is 41.3. The van der Waals surface area contributed by atoms with E-state index in [0.29, 0.717) is 12.0 Å². The predicted octanol–water partition coefficient (Wildman–Crippen LogP) is 2.34. The fourth-order valence-electron chi connectivity index (χ4n) is 3.32. The molecule has 2 aromatic rings. The average Bonchev–Trinajstić information content (AvgIpc) is 2.95. The standard InChI is InChI=1S/C18H19N5O5/c1-3-18(21-22-19)11(2)14(27-16(25)12-7-5-4-6-8-12)15(28-18)23-10-9-13(24)20-17(23)26/h4-11,14-15H,3H2,1-2H3,(H,20,24,26)/t11-,14-,15+,18+/m0/s1.